The van der Waals surface area contributed by atoms with Crippen LogP contribution in [-0.2, 0) is 29.3 Å². The second-order valence-electron chi connectivity index (χ2n) is 10.6. The molecule has 4 aromatic rings. The first-order chi connectivity index (χ1) is 22.8. The number of nitrogens with one attached hydrogen (secondary N) is 2. The molecule has 2 amide bonds. The van der Waals surface area contributed by atoms with Gasteiger partial charge < -0.3 is 10.6 Å². The van der Waals surface area contributed by atoms with Gasteiger partial charge >= 0.3 is 0 Å². The number of rotatable bonds is 10. The normalized spacial score (nSPS) is 12.3. The van der Waals surface area contributed by atoms with Crippen molar-refractivity contribution in [2.75, 3.05) is 0 Å². The van der Waals surface area contributed by atoms with Gasteiger partial charge in [-0.05, 0) is 75.2 Å². The first-order valence-electron chi connectivity index (χ1n) is 14.8. The molecule has 0 heterocycles. The SMILES string of the molecule is C/C(=C\NC(=O)/C=C/c1ccccc1)S(=O)(=O)c1ccc(C)cc1.C/C(=C\NC(=O)/C=C/c1ccccc1)S(=O)(=O)c1ccc(C)cc1. The average molecular weight is 683 g/mol. The number of allylic oxidation sites excluding steroid dienone is 2. The quantitative estimate of drug-likeness (QED) is 0.175. The molecule has 4 aromatic carbocycles. The number of benzene rings is 4. The maximum absolute atomic E-state index is 12.4. The molecular weight excluding hydrogens is 645 g/mol. The standard InChI is InChI=1S/2C19H19NO3S/c2*1-15-8-11-18(12-9-15)24(22,23)16(2)14-20-19(21)13-10-17-6-4-3-5-7-17/h2*3-14H,1-2H3,(H,20,21)/b2*13-10+,16-14+. The highest BCUT2D eigenvalue weighted by atomic mass is 32.2. The van der Waals surface area contributed by atoms with Crippen LogP contribution in [0.15, 0.2) is 153 Å². The Hall–Kier alpha value is -5.32. The van der Waals surface area contributed by atoms with Crippen LogP contribution in [0.4, 0.5) is 0 Å². The Morgan fingerprint density at radius 2 is 0.812 bits per heavy atom. The summed E-state index contributed by atoms with van der Waals surface area (Å²) in [5.74, 6) is -0.783. The molecule has 0 saturated carbocycles. The van der Waals surface area contributed by atoms with Gasteiger partial charge in [0.05, 0.1) is 19.6 Å². The fraction of sp³-hybridized carbons (Fsp3) is 0.105. The molecule has 0 unspecified atom stereocenters. The summed E-state index contributed by atoms with van der Waals surface area (Å²) in [6.45, 7) is 6.68. The van der Waals surface area contributed by atoms with Crippen LogP contribution in [0.1, 0.15) is 36.1 Å². The van der Waals surface area contributed by atoms with Gasteiger partial charge in [0.2, 0.25) is 31.5 Å². The Labute approximate surface area is 283 Å². The molecule has 8 nitrogen and oxygen atoms in total. The summed E-state index contributed by atoms with van der Waals surface area (Å²) in [5, 5.41) is 4.95. The van der Waals surface area contributed by atoms with E-state index in [-0.39, 0.29) is 19.6 Å². The van der Waals surface area contributed by atoms with E-state index in [9.17, 15) is 26.4 Å². The summed E-state index contributed by atoms with van der Waals surface area (Å²) >= 11 is 0. The highest BCUT2D eigenvalue weighted by Crippen LogP contribution is 2.20. The van der Waals surface area contributed by atoms with Crippen LogP contribution in [-0.4, -0.2) is 28.6 Å². The molecule has 2 N–H and O–H groups in total. The second-order valence-corrected chi connectivity index (χ2v) is 14.9. The molecule has 0 spiro atoms. The largest absolute Gasteiger partial charge is 0.328 e. The fourth-order valence-corrected chi connectivity index (χ4v) is 6.04. The van der Waals surface area contributed by atoms with E-state index in [1.54, 1.807) is 60.7 Å². The Bertz CT molecular complexity index is 1880. The molecule has 0 aliphatic rings. The lowest BCUT2D eigenvalue weighted by Crippen LogP contribution is -2.16. The van der Waals surface area contributed by atoms with Crippen molar-refractivity contribution in [1.29, 1.82) is 0 Å². The zero-order chi connectivity index (χ0) is 35.2. The van der Waals surface area contributed by atoms with Gasteiger partial charge in [0.1, 0.15) is 0 Å². The highest BCUT2D eigenvalue weighted by molar-refractivity contribution is 7.95. The first kappa shape index (κ1) is 37.1. The molecule has 248 valence electrons. The summed E-state index contributed by atoms with van der Waals surface area (Å²) in [5.41, 5.74) is 3.74. The summed E-state index contributed by atoms with van der Waals surface area (Å²) in [7, 11) is -7.19. The van der Waals surface area contributed by atoms with Crippen LogP contribution in [0.25, 0.3) is 12.2 Å². The lowest BCUT2D eigenvalue weighted by molar-refractivity contribution is -0.116. The van der Waals surface area contributed by atoms with E-state index in [1.165, 1.54) is 38.4 Å². The van der Waals surface area contributed by atoms with Gasteiger partial charge in [-0.1, -0.05) is 96.1 Å². The number of carbonyl (C=O) groups excluding carboxylic acids is 2. The molecule has 0 fully saturated rings. The minimum absolute atomic E-state index is 0.0767. The number of sulfone groups is 2. The van der Waals surface area contributed by atoms with Gasteiger partial charge in [-0.2, -0.15) is 0 Å². The number of amides is 2. The van der Waals surface area contributed by atoms with E-state index >= 15 is 0 Å². The van der Waals surface area contributed by atoms with Crippen molar-refractivity contribution in [3.8, 4) is 0 Å². The van der Waals surface area contributed by atoms with Crippen molar-refractivity contribution in [2.24, 2.45) is 0 Å². The molecule has 4 rings (SSSR count). The maximum Gasteiger partial charge on any atom is 0.247 e. The van der Waals surface area contributed by atoms with Crippen molar-refractivity contribution >= 4 is 43.6 Å². The van der Waals surface area contributed by atoms with Crippen LogP contribution in [0.3, 0.4) is 0 Å². The smallest absolute Gasteiger partial charge is 0.247 e. The monoisotopic (exact) mass is 682 g/mol. The van der Waals surface area contributed by atoms with E-state index in [1.807, 2.05) is 74.5 Å². The summed E-state index contributed by atoms with van der Waals surface area (Å²) in [6.07, 6.45) is 8.47. The molecule has 10 heteroatoms. The fourth-order valence-electron chi connectivity index (χ4n) is 3.88. The minimum atomic E-state index is -3.60. The van der Waals surface area contributed by atoms with Crippen molar-refractivity contribution < 1.29 is 26.4 Å². The lowest BCUT2D eigenvalue weighted by Gasteiger charge is -2.05. The molecule has 48 heavy (non-hydrogen) atoms. The van der Waals surface area contributed by atoms with E-state index in [4.69, 9.17) is 0 Å². The van der Waals surface area contributed by atoms with Crippen LogP contribution in [0, 0.1) is 13.8 Å². The molecule has 0 bridgehead atoms. The van der Waals surface area contributed by atoms with E-state index in [0.717, 1.165) is 22.3 Å². The van der Waals surface area contributed by atoms with E-state index in [0.29, 0.717) is 0 Å². The van der Waals surface area contributed by atoms with Gasteiger partial charge in [0, 0.05) is 24.6 Å². The maximum atomic E-state index is 12.4. The van der Waals surface area contributed by atoms with Crippen molar-refractivity contribution in [3.05, 3.63) is 166 Å². The lowest BCUT2D eigenvalue weighted by atomic mass is 10.2. The third-order valence-corrected chi connectivity index (χ3v) is 10.5. The number of hydrogen-bond acceptors (Lipinski definition) is 6. The van der Waals surface area contributed by atoms with Crippen LogP contribution in [0.2, 0.25) is 0 Å². The Morgan fingerprint density at radius 1 is 0.500 bits per heavy atom. The van der Waals surface area contributed by atoms with Crippen LogP contribution < -0.4 is 10.6 Å². The summed E-state index contributed by atoms with van der Waals surface area (Å²) in [4.78, 5) is 24.1. The molecule has 0 aliphatic heterocycles. The van der Waals surface area contributed by atoms with Crippen LogP contribution in [0.5, 0.6) is 0 Å². The summed E-state index contributed by atoms with van der Waals surface area (Å²) < 4.78 is 49.6. The molecule has 0 aliphatic carbocycles. The third kappa shape index (κ3) is 11.5. The number of aryl methyl sites for hydroxylation is 2. The number of hydrogen-bond donors (Lipinski definition) is 2. The third-order valence-electron chi connectivity index (χ3n) is 6.80. The Kier molecular flexibility index (Phi) is 13.6. The Balaban J connectivity index is 0.000000260. The van der Waals surface area contributed by atoms with Gasteiger partial charge in [0.25, 0.3) is 0 Å². The second kappa shape index (κ2) is 17.6. The predicted octanol–water partition coefficient (Wildman–Crippen LogP) is 6.92. The predicted molar refractivity (Wildman–Crippen MR) is 191 cm³/mol. The van der Waals surface area contributed by atoms with Crippen molar-refractivity contribution in [1.82, 2.24) is 10.6 Å². The van der Waals surface area contributed by atoms with E-state index < -0.39 is 31.5 Å². The molecule has 0 atom stereocenters. The van der Waals surface area contributed by atoms with Crippen molar-refractivity contribution in [3.63, 3.8) is 0 Å². The van der Waals surface area contributed by atoms with Gasteiger partial charge in [0.15, 0.2) is 0 Å². The van der Waals surface area contributed by atoms with Gasteiger partial charge in [-0.15, -0.1) is 0 Å². The Morgan fingerprint density at radius 3 is 1.12 bits per heavy atom. The molecular formula is C38H38N2O6S2. The molecule has 0 aromatic heterocycles. The van der Waals surface area contributed by atoms with Gasteiger partial charge in [-0.25, -0.2) is 16.8 Å². The first-order valence-corrected chi connectivity index (χ1v) is 17.8. The zero-order valence-corrected chi connectivity index (χ0v) is 28.8. The van der Waals surface area contributed by atoms with Crippen molar-refractivity contribution in [2.45, 2.75) is 37.5 Å². The highest BCUT2D eigenvalue weighted by Gasteiger charge is 2.17. The van der Waals surface area contributed by atoms with Crippen LogP contribution >= 0.6 is 0 Å². The zero-order valence-electron chi connectivity index (χ0n) is 27.1. The number of carbonyl (C=O) groups is 2. The minimum Gasteiger partial charge on any atom is -0.328 e. The van der Waals surface area contributed by atoms with Gasteiger partial charge in [-0.3, -0.25) is 9.59 Å². The molecule has 0 radical (unpaired) electrons. The van der Waals surface area contributed by atoms with E-state index in [2.05, 4.69) is 10.6 Å². The molecule has 0 saturated heterocycles. The topological polar surface area (TPSA) is 126 Å². The average Bonchev–Trinajstić information content (AvgIpc) is 3.09. The summed E-state index contributed by atoms with van der Waals surface area (Å²) in [6, 6.07) is 31.9.